The maximum Gasteiger partial charge on any atom is 0.0709 e. The van der Waals surface area contributed by atoms with Gasteiger partial charge in [-0.1, -0.05) is 60.7 Å². The minimum atomic E-state index is 0.745. The van der Waals surface area contributed by atoms with Gasteiger partial charge >= 0.3 is 0 Å². The van der Waals surface area contributed by atoms with Gasteiger partial charge in [0.15, 0.2) is 0 Å². The summed E-state index contributed by atoms with van der Waals surface area (Å²) in [5, 5.41) is 4.71. The second-order valence-corrected chi connectivity index (χ2v) is 6.80. The average molecular weight is 365 g/mol. The van der Waals surface area contributed by atoms with Crippen LogP contribution in [0.1, 0.15) is 18.1 Å². The molecule has 0 saturated carbocycles. The fraction of sp³-hybridized carbons (Fsp3) is 0.120. The predicted octanol–water partition coefficient (Wildman–Crippen LogP) is 5.95. The third kappa shape index (κ3) is 3.79. The van der Waals surface area contributed by atoms with Gasteiger partial charge in [0.25, 0.3) is 0 Å². The quantitative estimate of drug-likeness (QED) is 0.444. The van der Waals surface area contributed by atoms with E-state index in [4.69, 9.17) is 4.98 Å². The number of fused-ring (bicyclic) bond motifs is 1. The van der Waals surface area contributed by atoms with E-state index >= 15 is 0 Å². The molecule has 4 aromatic rings. The SMILES string of the molecule is CN=C(C)c1ccccc1NCc1cccc(-c2ccc3ccccc3n2)c1. The Labute approximate surface area is 165 Å². The van der Waals surface area contributed by atoms with E-state index in [1.54, 1.807) is 0 Å². The molecule has 3 heteroatoms. The number of para-hydroxylation sites is 2. The Kier molecular flexibility index (Phi) is 5.16. The molecular weight excluding hydrogens is 342 g/mol. The number of pyridine rings is 1. The van der Waals surface area contributed by atoms with Crippen LogP contribution in [0.4, 0.5) is 5.69 Å². The zero-order chi connectivity index (χ0) is 19.3. The van der Waals surface area contributed by atoms with Gasteiger partial charge in [-0.15, -0.1) is 0 Å². The van der Waals surface area contributed by atoms with Crippen LogP contribution in [0.5, 0.6) is 0 Å². The minimum absolute atomic E-state index is 0.745. The topological polar surface area (TPSA) is 37.3 Å². The van der Waals surface area contributed by atoms with Crippen molar-refractivity contribution >= 4 is 22.3 Å². The molecule has 0 saturated heterocycles. The van der Waals surface area contributed by atoms with Crippen LogP contribution in [-0.4, -0.2) is 17.7 Å². The van der Waals surface area contributed by atoms with Gasteiger partial charge < -0.3 is 5.32 Å². The lowest BCUT2D eigenvalue weighted by atomic mass is 10.1. The molecular formula is C25H23N3. The largest absolute Gasteiger partial charge is 0.380 e. The molecule has 1 aromatic heterocycles. The van der Waals surface area contributed by atoms with Gasteiger partial charge in [-0.05, 0) is 36.8 Å². The van der Waals surface area contributed by atoms with Crippen molar-refractivity contribution in [1.82, 2.24) is 4.98 Å². The summed E-state index contributed by atoms with van der Waals surface area (Å²) in [6, 6.07) is 29.3. The molecule has 0 spiro atoms. The monoisotopic (exact) mass is 365 g/mol. The summed E-state index contributed by atoms with van der Waals surface area (Å²) < 4.78 is 0. The molecule has 3 aromatic carbocycles. The number of hydrogen-bond acceptors (Lipinski definition) is 3. The van der Waals surface area contributed by atoms with E-state index in [0.717, 1.165) is 45.7 Å². The van der Waals surface area contributed by atoms with Crippen molar-refractivity contribution in [2.75, 3.05) is 12.4 Å². The summed E-state index contributed by atoms with van der Waals surface area (Å²) in [5.74, 6) is 0. The molecule has 0 aliphatic carbocycles. The first-order valence-corrected chi connectivity index (χ1v) is 9.46. The van der Waals surface area contributed by atoms with Crippen molar-refractivity contribution in [3.8, 4) is 11.3 Å². The molecule has 1 heterocycles. The normalized spacial score (nSPS) is 11.6. The van der Waals surface area contributed by atoms with E-state index in [9.17, 15) is 0 Å². The molecule has 3 nitrogen and oxygen atoms in total. The molecule has 0 radical (unpaired) electrons. The fourth-order valence-electron chi connectivity index (χ4n) is 3.34. The Morgan fingerprint density at radius 2 is 1.71 bits per heavy atom. The van der Waals surface area contributed by atoms with Crippen LogP contribution in [0.25, 0.3) is 22.2 Å². The molecule has 0 aliphatic heterocycles. The standard InChI is InChI=1S/C25H23N3/c1-18(26-2)22-11-4-6-13-25(22)27-17-19-8-7-10-21(16-19)24-15-14-20-9-3-5-12-23(20)28-24/h3-16,27H,17H2,1-2H3. The maximum absolute atomic E-state index is 4.82. The van der Waals surface area contributed by atoms with E-state index in [2.05, 4.69) is 71.0 Å². The summed E-state index contributed by atoms with van der Waals surface area (Å²) >= 11 is 0. The van der Waals surface area contributed by atoms with Crippen LogP contribution in [0.15, 0.2) is 89.9 Å². The summed E-state index contributed by atoms with van der Waals surface area (Å²) in [5.41, 5.74) is 7.62. The first-order valence-electron chi connectivity index (χ1n) is 9.46. The van der Waals surface area contributed by atoms with E-state index < -0.39 is 0 Å². The van der Waals surface area contributed by atoms with E-state index in [-0.39, 0.29) is 0 Å². The Morgan fingerprint density at radius 3 is 2.61 bits per heavy atom. The van der Waals surface area contributed by atoms with Gasteiger partial charge in [0.05, 0.1) is 11.2 Å². The molecule has 4 rings (SSSR count). The van der Waals surface area contributed by atoms with E-state index in [1.807, 2.05) is 38.2 Å². The van der Waals surface area contributed by atoms with Gasteiger partial charge in [-0.25, -0.2) is 4.98 Å². The summed E-state index contributed by atoms with van der Waals surface area (Å²) in [7, 11) is 1.83. The third-order valence-corrected chi connectivity index (χ3v) is 4.96. The number of nitrogens with one attached hydrogen (secondary N) is 1. The Hall–Kier alpha value is -3.46. The number of anilines is 1. The second-order valence-electron chi connectivity index (χ2n) is 6.80. The molecule has 28 heavy (non-hydrogen) atoms. The lowest BCUT2D eigenvalue weighted by Crippen LogP contribution is -2.05. The highest BCUT2D eigenvalue weighted by atomic mass is 14.9. The molecule has 0 atom stereocenters. The Balaban J connectivity index is 1.58. The van der Waals surface area contributed by atoms with Gasteiger partial charge in [0.1, 0.15) is 0 Å². The summed E-state index contributed by atoms with van der Waals surface area (Å²) in [4.78, 5) is 9.14. The first kappa shape index (κ1) is 17.9. The lowest BCUT2D eigenvalue weighted by molar-refractivity contribution is 1.15. The lowest BCUT2D eigenvalue weighted by Gasteiger charge is -2.12. The molecule has 0 aliphatic rings. The number of rotatable bonds is 5. The van der Waals surface area contributed by atoms with Gasteiger partial charge in [0, 0.05) is 41.5 Å². The molecule has 1 N–H and O–H groups in total. The maximum atomic E-state index is 4.82. The summed E-state index contributed by atoms with van der Waals surface area (Å²) in [6.45, 7) is 2.78. The zero-order valence-electron chi connectivity index (χ0n) is 16.2. The smallest absolute Gasteiger partial charge is 0.0709 e. The van der Waals surface area contributed by atoms with Gasteiger partial charge in [0.2, 0.25) is 0 Å². The minimum Gasteiger partial charge on any atom is -0.380 e. The molecule has 0 unspecified atom stereocenters. The predicted molar refractivity (Wildman–Crippen MR) is 119 cm³/mol. The van der Waals surface area contributed by atoms with E-state index in [0.29, 0.717) is 0 Å². The highest BCUT2D eigenvalue weighted by Gasteiger charge is 2.06. The number of aromatic nitrogens is 1. The van der Waals surface area contributed by atoms with Crippen molar-refractivity contribution in [2.24, 2.45) is 4.99 Å². The van der Waals surface area contributed by atoms with Gasteiger partial charge in [-0.2, -0.15) is 0 Å². The first-order chi connectivity index (χ1) is 13.7. The van der Waals surface area contributed by atoms with E-state index in [1.165, 1.54) is 5.56 Å². The van der Waals surface area contributed by atoms with Crippen molar-refractivity contribution in [2.45, 2.75) is 13.5 Å². The number of hydrogen-bond donors (Lipinski definition) is 1. The highest BCUT2D eigenvalue weighted by molar-refractivity contribution is 6.03. The Morgan fingerprint density at radius 1 is 0.893 bits per heavy atom. The average Bonchev–Trinajstić information content (AvgIpc) is 2.77. The van der Waals surface area contributed by atoms with Crippen LogP contribution in [0, 0.1) is 0 Å². The molecule has 0 amide bonds. The highest BCUT2D eigenvalue weighted by Crippen LogP contribution is 2.23. The van der Waals surface area contributed by atoms with Crippen molar-refractivity contribution in [1.29, 1.82) is 0 Å². The van der Waals surface area contributed by atoms with Crippen LogP contribution < -0.4 is 5.32 Å². The van der Waals surface area contributed by atoms with Crippen LogP contribution in [-0.2, 0) is 6.54 Å². The second kappa shape index (κ2) is 8.05. The molecule has 0 fully saturated rings. The number of benzene rings is 3. The fourth-order valence-corrected chi connectivity index (χ4v) is 3.34. The van der Waals surface area contributed by atoms with Crippen LogP contribution >= 0.6 is 0 Å². The molecule has 138 valence electrons. The number of aliphatic imine (C=N–C) groups is 1. The summed E-state index contributed by atoms with van der Waals surface area (Å²) in [6.07, 6.45) is 0. The number of nitrogens with zero attached hydrogens (tertiary/aromatic N) is 2. The Bertz CT molecular complexity index is 1150. The molecule has 0 bridgehead atoms. The van der Waals surface area contributed by atoms with Crippen molar-refractivity contribution in [3.63, 3.8) is 0 Å². The zero-order valence-corrected chi connectivity index (χ0v) is 16.2. The van der Waals surface area contributed by atoms with Crippen molar-refractivity contribution < 1.29 is 0 Å². The van der Waals surface area contributed by atoms with Crippen molar-refractivity contribution in [3.05, 3.63) is 96.1 Å². The van der Waals surface area contributed by atoms with Crippen LogP contribution in [0.2, 0.25) is 0 Å². The third-order valence-electron chi connectivity index (χ3n) is 4.96. The van der Waals surface area contributed by atoms with Gasteiger partial charge in [-0.3, -0.25) is 4.99 Å². The van der Waals surface area contributed by atoms with Crippen LogP contribution in [0.3, 0.4) is 0 Å².